The molecule has 8 heteroatoms. The summed E-state index contributed by atoms with van der Waals surface area (Å²) < 4.78 is 11.3. The fraction of sp³-hybridized carbons (Fsp3) is 0.533. The number of carbonyl (C=O) groups excluding carboxylic acids is 1. The maximum Gasteiger partial charge on any atom is 0.273 e. The molecule has 0 saturated carbocycles. The van der Waals surface area contributed by atoms with E-state index in [0.717, 1.165) is 36.5 Å². The van der Waals surface area contributed by atoms with Gasteiger partial charge in [0, 0.05) is 11.9 Å². The Balaban J connectivity index is 1.54. The van der Waals surface area contributed by atoms with Crippen LogP contribution in [0.1, 0.15) is 29.8 Å². The second-order valence-corrected chi connectivity index (χ2v) is 6.53. The molecule has 1 N–H and O–H groups in total. The standard InChI is InChI=1S/C15H18N4O3S/c20-14(11-8-23-13(18-11)10-7-16-9-17-10)19-4-2-1-3-12(19)15-21-5-6-22-15/h7-9,12,15H,1-6H2,(H,16,17). The second-order valence-electron chi connectivity index (χ2n) is 5.67. The number of ether oxygens (including phenoxy) is 2. The molecule has 1 amide bonds. The summed E-state index contributed by atoms with van der Waals surface area (Å²) in [5, 5.41) is 2.58. The highest BCUT2D eigenvalue weighted by Gasteiger charge is 2.37. The summed E-state index contributed by atoms with van der Waals surface area (Å²) in [4.78, 5) is 26.2. The van der Waals surface area contributed by atoms with E-state index in [9.17, 15) is 4.79 Å². The molecular weight excluding hydrogens is 316 g/mol. The number of aromatic amines is 1. The number of imidazole rings is 1. The quantitative estimate of drug-likeness (QED) is 0.927. The van der Waals surface area contributed by atoms with E-state index in [1.165, 1.54) is 11.3 Å². The zero-order valence-electron chi connectivity index (χ0n) is 12.6. The zero-order valence-corrected chi connectivity index (χ0v) is 13.4. The zero-order chi connectivity index (χ0) is 15.6. The predicted octanol–water partition coefficient (Wildman–Crippen LogP) is 1.90. The molecule has 0 bridgehead atoms. The van der Waals surface area contributed by atoms with Crippen molar-refractivity contribution in [3.8, 4) is 10.7 Å². The number of H-pyrrole nitrogens is 1. The molecule has 2 fully saturated rings. The lowest BCUT2D eigenvalue weighted by atomic mass is 10.0. The summed E-state index contributed by atoms with van der Waals surface area (Å²) >= 11 is 1.44. The van der Waals surface area contributed by atoms with Gasteiger partial charge in [-0.15, -0.1) is 11.3 Å². The fourth-order valence-electron chi connectivity index (χ4n) is 3.11. The molecule has 2 saturated heterocycles. The predicted molar refractivity (Wildman–Crippen MR) is 84.1 cm³/mol. The van der Waals surface area contributed by atoms with E-state index in [-0.39, 0.29) is 18.2 Å². The molecule has 1 atom stereocenters. The van der Waals surface area contributed by atoms with Crippen LogP contribution in [0.4, 0.5) is 0 Å². The molecule has 0 spiro atoms. The van der Waals surface area contributed by atoms with Crippen molar-refractivity contribution in [3.63, 3.8) is 0 Å². The maximum absolute atomic E-state index is 12.9. The van der Waals surface area contributed by atoms with Crippen molar-refractivity contribution >= 4 is 17.2 Å². The van der Waals surface area contributed by atoms with Gasteiger partial charge in [0.25, 0.3) is 5.91 Å². The Labute approximate surface area is 137 Å². The topological polar surface area (TPSA) is 80.3 Å². The first-order chi connectivity index (χ1) is 11.3. The van der Waals surface area contributed by atoms with Gasteiger partial charge in [-0.25, -0.2) is 9.97 Å². The highest BCUT2D eigenvalue weighted by atomic mass is 32.1. The third-order valence-electron chi connectivity index (χ3n) is 4.22. The van der Waals surface area contributed by atoms with Crippen molar-refractivity contribution in [2.45, 2.75) is 31.6 Å². The maximum atomic E-state index is 12.9. The van der Waals surface area contributed by atoms with Crippen LogP contribution < -0.4 is 0 Å². The number of rotatable bonds is 3. The van der Waals surface area contributed by atoms with Gasteiger partial charge in [-0.3, -0.25) is 4.79 Å². The van der Waals surface area contributed by atoms with E-state index in [1.54, 1.807) is 17.9 Å². The monoisotopic (exact) mass is 334 g/mol. The van der Waals surface area contributed by atoms with Gasteiger partial charge in [0.15, 0.2) is 6.29 Å². The molecule has 4 rings (SSSR count). The third-order valence-corrected chi connectivity index (χ3v) is 5.10. The van der Waals surface area contributed by atoms with Gasteiger partial charge in [0.1, 0.15) is 10.7 Å². The lowest BCUT2D eigenvalue weighted by molar-refractivity contribution is -0.100. The van der Waals surface area contributed by atoms with Crippen LogP contribution in [-0.2, 0) is 9.47 Å². The lowest BCUT2D eigenvalue weighted by Gasteiger charge is -2.37. The van der Waals surface area contributed by atoms with Crippen LogP contribution in [0, 0.1) is 0 Å². The normalized spacial score (nSPS) is 22.6. The number of carbonyl (C=O) groups is 1. The Morgan fingerprint density at radius 1 is 1.35 bits per heavy atom. The van der Waals surface area contributed by atoms with Gasteiger partial charge in [0.05, 0.1) is 37.5 Å². The number of nitrogens with one attached hydrogen (secondary N) is 1. The Morgan fingerprint density at radius 3 is 3.00 bits per heavy atom. The Bertz CT molecular complexity index is 666. The second kappa shape index (κ2) is 6.38. The number of hydrogen-bond acceptors (Lipinski definition) is 6. The summed E-state index contributed by atoms with van der Waals surface area (Å²) in [6.07, 6.45) is 6.02. The summed E-state index contributed by atoms with van der Waals surface area (Å²) in [5.41, 5.74) is 1.30. The molecule has 23 heavy (non-hydrogen) atoms. The Hall–Kier alpha value is -1.77. The number of piperidine rings is 1. The Kier molecular flexibility index (Phi) is 4.11. The van der Waals surface area contributed by atoms with Crippen LogP contribution in [-0.4, -0.2) is 57.8 Å². The van der Waals surface area contributed by atoms with Gasteiger partial charge in [-0.05, 0) is 19.3 Å². The van der Waals surface area contributed by atoms with Crippen molar-refractivity contribution < 1.29 is 14.3 Å². The van der Waals surface area contributed by atoms with Gasteiger partial charge in [0.2, 0.25) is 0 Å². The summed E-state index contributed by atoms with van der Waals surface area (Å²) in [5.74, 6) is -0.0455. The van der Waals surface area contributed by atoms with Crippen LogP contribution >= 0.6 is 11.3 Å². The molecule has 1 unspecified atom stereocenters. The minimum atomic E-state index is -0.301. The van der Waals surface area contributed by atoms with Crippen LogP contribution in [0.2, 0.25) is 0 Å². The first-order valence-corrected chi connectivity index (χ1v) is 8.69. The number of nitrogens with zero attached hydrogens (tertiary/aromatic N) is 3. The smallest absolute Gasteiger partial charge is 0.273 e. The number of thiazole rings is 1. The van der Waals surface area contributed by atoms with E-state index in [4.69, 9.17) is 9.47 Å². The van der Waals surface area contributed by atoms with Crippen LogP contribution in [0.5, 0.6) is 0 Å². The van der Waals surface area contributed by atoms with E-state index in [1.807, 2.05) is 4.90 Å². The summed E-state index contributed by atoms with van der Waals surface area (Å²) in [6, 6.07) is -0.0175. The molecule has 7 nitrogen and oxygen atoms in total. The molecule has 2 aromatic heterocycles. The van der Waals surface area contributed by atoms with Crippen molar-refractivity contribution in [3.05, 3.63) is 23.6 Å². The minimum Gasteiger partial charge on any atom is -0.348 e. The molecule has 4 heterocycles. The van der Waals surface area contributed by atoms with Crippen LogP contribution in [0.25, 0.3) is 10.7 Å². The first kappa shape index (κ1) is 14.8. The summed E-state index contributed by atoms with van der Waals surface area (Å²) in [7, 11) is 0. The van der Waals surface area contributed by atoms with E-state index < -0.39 is 0 Å². The SMILES string of the molecule is O=C(c1csc(-c2cnc[nH]2)n1)N1CCCCC1C1OCCO1. The highest BCUT2D eigenvalue weighted by Crippen LogP contribution is 2.27. The lowest BCUT2D eigenvalue weighted by Crippen LogP contribution is -2.50. The van der Waals surface area contributed by atoms with Crippen LogP contribution in [0.3, 0.4) is 0 Å². The fourth-order valence-corrected chi connectivity index (χ4v) is 3.87. The average Bonchev–Trinajstić information content (AvgIpc) is 3.35. The van der Waals surface area contributed by atoms with Crippen molar-refractivity contribution in [2.75, 3.05) is 19.8 Å². The van der Waals surface area contributed by atoms with E-state index in [2.05, 4.69) is 15.0 Å². The highest BCUT2D eigenvalue weighted by molar-refractivity contribution is 7.13. The first-order valence-electron chi connectivity index (χ1n) is 7.81. The van der Waals surface area contributed by atoms with Gasteiger partial charge in [-0.1, -0.05) is 0 Å². The van der Waals surface area contributed by atoms with Gasteiger partial charge in [-0.2, -0.15) is 0 Å². The third kappa shape index (κ3) is 2.89. The van der Waals surface area contributed by atoms with Crippen molar-refractivity contribution in [2.24, 2.45) is 0 Å². The summed E-state index contributed by atoms with van der Waals surface area (Å²) in [6.45, 7) is 1.93. The average molecular weight is 334 g/mol. The number of amides is 1. The minimum absolute atomic E-state index is 0.0175. The molecule has 122 valence electrons. The molecule has 2 aliphatic rings. The van der Waals surface area contributed by atoms with Crippen molar-refractivity contribution in [1.82, 2.24) is 19.9 Å². The van der Waals surface area contributed by atoms with Crippen LogP contribution in [0.15, 0.2) is 17.9 Å². The Morgan fingerprint density at radius 2 is 2.22 bits per heavy atom. The van der Waals surface area contributed by atoms with Crippen molar-refractivity contribution in [1.29, 1.82) is 0 Å². The molecule has 0 aromatic carbocycles. The van der Waals surface area contributed by atoms with Gasteiger partial charge >= 0.3 is 0 Å². The molecule has 0 radical (unpaired) electrons. The van der Waals surface area contributed by atoms with E-state index >= 15 is 0 Å². The molecular formula is C15H18N4O3S. The van der Waals surface area contributed by atoms with Gasteiger partial charge < -0.3 is 19.4 Å². The number of hydrogen-bond donors (Lipinski definition) is 1. The molecule has 2 aromatic rings. The van der Waals surface area contributed by atoms with E-state index in [0.29, 0.717) is 18.9 Å². The number of aromatic nitrogens is 3. The largest absolute Gasteiger partial charge is 0.348 e. The molecule has 2 aliphatic heterocycles. The number of likely N-dealkylation sites (tertiary alicyclic amines) is 1. The molecule has 0 aliphatic carbocycles.